The number of carbonyl (C=O) groups is 1. The van der Waals surface area contributed by atoms with E-state index in [4.69, 9.17) is 0 Å². The number of para-hydroxylation sites is 1. The minimum absolute atomic E-state index is 0.171. The Morgan fingerprint density at radius 3 is 2.52 bits per heavy atom. The number of pyridine rings is 1. The number of carbonyl (C=O) groups excluding carboxylic acids is 1. The maximum atomic E-state index is 12.2. The van der Waals surface area contributed by atoms with Crippen molar-refractivity contribution in [2.24, 2.45) is 0 Å². The Morgan fingerprint density at radius 2 is 1.78 bits per heavy atom. The average molecular weight is 306 g/mol. The van der Waals surface area contributed by atoms with Crippen LogP contribution in [0.1, 0.15) is 16.2 Å². The molecule has 6 heteroatoms. The van der Waals surface area contributed by atoms with Crippen LogP contribution in [0.5, 0.6) is 0 Å². The van der Waals surface area contributed by atoms with Crippen LogP contribution in [0.25, 0.3) is 5.69 Å². The minimum Gasteiger partial charge on any atom is -0.345 e. The highest BCUT2D eigenvalue weighted by atomic mass is 16.2. The molecule has 0 bridgehead atoms. The molecule has 0 saturated carbocycles. The maximum absolute atomic E-state index is 12.2. The van der Waals surface area contributed by atoms with Crippen LogP contribution < -0.4 is 10.9 Å². The standard InChI is InChI=1S/C17H14N4O2/c22-16-10-9-15(20-21(16)14-7-2-1-3-8-14)17(23)19-12-13-6-4-5-11-18-13/h1-11H,12H2,(H,19,23). The molecule has 0 radical (unpaired) electrons. The number of amides is 1. The minimum atomic E-state index is -0.361. The first kappa shape index (κ1) is 14.6. The van der Waals surface area contributed by atoms with Gasteiger partial charge in [-0.05, 0) is 30.3 Å². The summed E-state index contributed by atoms with van der Waals surface area (Å²) in [4.78, 5) is 28.3. The lowest BCUT2D eigenvalue weighted by atomic mass is 10.3. The molecule has 0 spiro atoms. The second-order valence-electron chi connectivity index (χ2n) is 4.81. The van der Waals surface area contributed by atoms with Gasteiger partial charge in [-0.2, -0.15) is 9.78 Å². The molecule has 0 aliphatic heterocycles. The Labute approximate surface area is 132 Å². The molecule has 0 atom stereocenters. The molecular formula is C17H14N4O2. The van der Waals surface area contributed by atoms with Gasteiger partial charge < -0.3 is 5.32 Å². The normalized spacial score (nSPS) is 10.3. The number of aromatic nitrogens is 3. The monoisotopic (exact) mass is 306 g/mol. The average Bonchev–Trinajstić information content (AvgIpc) is 2.62. The van der Waals surface area contributed by atoms with E-state index in [-0.39, 0.29) is 17.2 Å². The van der Waals surface area contributed by atoms with Gasteiger partial charge in [-0.25, -0.2) is 0 Å². The Morgan fingerprint density at radius 1 is 1.00 bits per heavy atom. The summed E-state index contributed by atoms with van der Waals surface area (Å²) < 4.78 is 1.20. The van der Waals surface area contributed by atoms with Gasteiger partial charge >= 0.3 is 0 Å². The fourth-order valence-corrected chi connectivity index (χ4v) is 2.05. The highest BCUT2D eigenvalue weighted by Crippen LogP contribution is 2.03. The van der Waals surface area contributed by atoms with Crippen LogP contribution in [0.4, 0.5) is 0 Å². The van der Waals surface area contributed by atoms with E-state index in [1.807, 2.05) is 24.3 Å². The summed E-state index contributed by atoms with van der Waals surface area (Å²) in [6.45, 7) is 0.297. The molecule has 2 aromatic heterocycles. The van der Waals surface area contributed by atoms with Crippen molar-refractivity contribution in [1.82, 2.24) is 20.1 Å². The van der Waals surface area contributed by atoms with Crippen LogP contribution >= 0.6 is 0 Å². The lowest BCUT2D eigenvalue weighted by Gasteiger charge is -2.07. The van der Waals surface area contributed by atoms with Gasteiger partial charge in [0, 0.05) is 12.3 Å². The molecule has 1 N–H and O–H groups in total. The van der Waals surface area contributed by atoms with E-state index in [1.165, 1.54) is 16.8 Å². The van der Waals surface area contributed by atoms with Gasteiger partial charge in [-0.15, -0.1) is 0 Å². The molecule has 0 fully saturated rings. The molecular weight excluding hydrogens is 292 g/mol. The van der Waals surface area contributed by atoms with Crippen molar-refractivity contribution in [3.8, 4) is 5.69 Å². The molecule has 0 aliphatic carbocycles. The number of nitrogens with one attached hydrogen (secondary N) is 1. The molecule has 6 nitrogen and oxygen atoms in total. The fraction of sp³-hybridized carbons (Fsp3) is 0.0588. The van der Waals surface area contributed by atoms with Gasteiger partial charge in [0.15, 0.2) is 0 Å². The van der Waals surface area contributed by atoms with Crippen LogP contribution in [-0.2, 0) is 6.54 Å². The van der Waals surface area contributed by atoms with E-state index in [1.54, 1.807) is 30.5 Å². The summed E-state index contributed by atoms with van der Waals surface area (Å²) in [7, 11) is 0. The highest BCUT2D eigenvalue weighted by Gasteiger charge is 2.10. The topological polar surface area (TPSA) is 76.9 Å². The molecule has 1 amide bonds. The van der Waals surface area contributed by atoms with E-state index < -0.39 is 0 Å². The summed E-state index contributed by atoms with van der Waals surface area (Å²) in [5.41, 5.74) is 1.23. The summed E-state index contributed by atoms with van der Waals surface area (Å²) in [6, 6.07) is 17.2. The molecule has 114 valence electrons. The Balaban J connectivity index is 1.80. The molecule has 0 unspecified atom stereocenters. The SMILES string of the molecule is O=C(NCc1ccccn1)c1ccc(=O)n(-c2ccccc2)n1. The van der Waals surface area contributed by atoms with Crippen LogP contribution in [0, 0.1) is 0 Å². The molecule has 0 aliphatic rings. The predicted octanol–water partition coefficient (Wildman–Crippen LogP) is 1.56. The molecule has 1 aromatic carbocycles. The number of hydrogen-bond acceptors (Lipinski definition) is 4. The summed E-state index contributed by atoms with van der Waals surface area (Å²) >= 11 is 0. The molecule has 2 heterocycles. The lowest BCUT2D eigenvalue weighted by molar-refractivity contribution is 0.0943. The zero-order valence-electron chi connectivity index (χ0n) is 12.2. The van der Waals surface area contributed by atoms with Crippen LogP contribution in [-0.4, -0.2) is 20.7 Å². The molecule has 23 heavy (non-hydrogen) atoms. The van der Waals surface area contributed by atoms with Gasteiger partial charge in [0.05, 0.1) is 17.9 Å². The van der Waals surface area contributed by atoms with Crippen molar-refractivity contribution in [3.63, 3.8) is 0 Å². The quantitative estimate of drug-likeness (QED) is 0.793. The predicted molar refractivity (Wildman–Crippen MR) is 85.2 cm³/mol. The first-order chi connectivity index (χ1) is 11.2. The van der Waals surface area contributed by atoms with E-state index in [0.717, 1.165) is 5.69 Å². The van der Waals surface area contributed by atoms with Gasteiger partial charge in [-0.3, -0.25) is 14.6 Å². The third-order valence-electron chi connectivity index (χ3n) is 3.19. The largest absolute Gasteiger partial charge is 0.345 e. The number of nitrogens with zero attached hydrogens (tertiary/aromatic N) is 3. The Kier molecular flexibility index (Phi) is 4.24. The third kappa shape index (κ3) is 3.49. The number of rotatable bonds is 4. The third-order valence-corrected chi connectivity index (χ3v) is 3.19. The molecule has 3 rings (SSSR count). The zero-order chi connectivity index (χ0) is 16.1. The van der Waals surface area contributed by atoms with Crippen molar-refractivity contribution in [2.45, 2.75) is 6.54 Å². The summed E-state index contributed by atoms with van der Waals surface area (Å²) in [5.74, 6) is -0.361. The van der Waals surface area contributed by atoms with Gasteiger partial charge in [-0.1, -0.05) is 24.3 Å². The van der Waals surface area contributed by atoms with Gasteiger partial charge in [0.1, 0.15) is 5.69 Å². The Hall–Kier alpha value is -3.28. The number of benzene rings is 1. The van der Waals surface area contributed by atoms with Crippen molar-refractivity contribution < 1.29 is 4.79 Å². The zero-order valence-corrected chi connectivity index (χ0v) is 12.2. The second-order valence-corrected chi connectivity index (χ2v) is 4.81. The molecule has 3 aromatic rings. The van der Waals surface area contributed by atoms with Crippen molar-refractivity contribution in [3.05, 3.63) is 88.6 Å². The summed E-state index contributed by atoms with van der Waals surface area (Å²) in [6.07, 6.45) is 1.66. The van der Waals surface area contributed by atoms with E-state index in [0.29, 0.717) is 12.2 Å². The lowest BCUT2D eigenvalue weighted by Crippen LogP contribution is -2.28. The second kappa shape index (κ2) is 6.65. The first-order valence-electron chi connectivity index (χ1n) is 7.08. The Bertz CT molecular complexity index is 861. The van der Waals surface area contributed by atoms with E-state index >= 15 is 0 Å². The van der Waals surface area contributed by atoms with E-state index in [2.05, 4.69) is 15.4 Å². The molecule has 0 saturated heterocycles. The van der Waals surface area contributed by atoms with Crippen LogP contribution in [0.3, 0.4) is 0 Å². The van der Waals surface area contributed by atoms with Crippen molar-refractivity contribution >= 4 is 5.91 Å². The van der Waals surface area contributed by atoms with Gasteiger partial charge in [0.2, 0.25) is 0 Å². The van der Waals surface area contributed by atoms with Crippen LogP contribution in [0.2, 0.25) is 0 Å². The number of hydrogen-bond donors (Lipinski definition) is 1. The summed E-state index contributed by atoms with van der Waals surface area (Å²) in [5, 5.41) is 6.86. The smallest absolute Gasteiger partial charge is 0.272 e. The van der Waals surface area contributed by atoms with Crippen molar-refractivity contribution in [2.75, 3.05) is 0 Å². The fourth-order valence-electron chi connectivity index (χ4n) is 2.05. The first-order valence-corrected chi connectivity index (χ1v) is 7.08. The highest BCUT2D eigenvalue weighted by molar-refractivity contribution is 5.91. The van der Waals surface area contributed by atoms with Gasteiger partial charge in [0.25, 0.3) is 11.5 Å². The van der Waals surface area contributed by atoms with Crippen molar-refractivity contribution in [1.29, 1.82) is 0 Å². The van der Waals surface area contributed by atoms with Crippen LogP contribution in [0.15, 0.2) is 71.7 Å². The maximum Gasteiger partial charge on any atom is 0.272 e. The van der Waals surface area contributed by atoms with E-state index in [9.17, 15) is 9.59 Å².